The number of hydrogen-bond donors (Lipinski definition) is 2. The van der Waals surface area contributed by atoms with Crippen LogP contribution in [0.4, 0.5) is 8.78 Å². The van der Waals surface area contributed by atoms with Gasteiger partial charge in [0.25, 0.3) is 5.92 Å². The molecule has 1 saturated carbocycles. The zero-order valence-electron chi connectivity index (χ0n) is 7.19. The van der Waals surface area contributed by atoms with Crippen molar-refractivity contribution in [2.24, 2.45) is 11.7 Å². The minimum absolute atomic E-state index is 0.0768. The maximum atomic E-state index is 12.9. The number of aliphatic hydroxyl groups is 1. The second-order valence-electron chi connectivity index (χ2n) is 3.79. The van der Waals surface area contributed by atoms with Gasteiger partial charge in [0.05, 0.1) is 5.60 Å². The molecule has 4 heteroatoms. The third kappa shape index (κ3) is 1.75. The van der Waals surface area contributed by atoms with Gasteiger partial charge in [0.15, 0.2) is 0 Å². The molecule has 0 radical (unpaired) electrons. The van der Waals surface area contributed by atoms with Crippen LogP contribution in [0.5, 0.6) is 0 Å². The summed E-state index contributed by atoms with van der Waals surface area (Å²) in [6, 6.07) is 0. The van der Waals surface area contributed by atoms with Crippen LogP contribution in [-0.2, 0) is 0 Å². The van der Waals surface area contributed by atoms with E-state index >= 15 is 0 Å². The average molecular weight is 179 g/mol. The van der Waals surface area contributed by atoms with Crippen LogP contribution in [0.2, 0.25) is 0 Å². The fourth-order valence-corrected chi connectivity index (χ4v) is 1.65. The summed E-state index contributed by atoms with van der Waals surface area (Å²) in [6.07, 6.45) is -0.0286. The highest BCUT2D eigenvalue weighted by molar-refractivity contribution is 4.93. The Morgan fingerprint density at radius 3 is 2.50 bits per heavy atom. The average Bonchev–Trinajstić information content (AvgIpc) is 1.99. The summed E-state index contributed by atoms with van der Waals surface area (Å²) in [6.45, 7) is 1.53. The Balaban J connectivity index is 2.63. The Morgan fingerprint density at radius 1 is 1.50 bits per heavy atom. The first-order valence-electron chi connectivity index (χ1n) is 4.20. The van der Waals surface area contributed by atoms with Gasteiger partial charge in [0, 0.05) is 18.9 Å². The molecular weight excluding hydrogens is 164 g/mol. The van der Waals surface area contributed by atoms with E-state index in [0.717, 1.165) is 0 Å². The van der Waals surface area contributed by atoms with Crippen molar-refractivity contribution >= 4 is 0 Å². The smallest absolute Gasteiger partial charge is 0.250 e. The first-order valence-corrected chi connectivity index (χ1v) is 4.20. The SMILES string of the molecule is C[C@H]1C[C@@](O)(CN)CCC1(F)F. The van der Waals surface area contributed by atoms with Crippen molar-refractivity contribution in [3.63, 3.8) is 0 Å². The molecule has 0 spiro atoms. The summed E-state index contributed by atoms with van der Waals surface area (Å²) in [5.74, 6) is -3.39. The lowest BCUT2D eigenvalue weighted by atomic mass is 9.76. The van der Waals surface area contributed by atoms with Crippen LogP contribution in [0.1, 0.15) is 26.2 Å². The van der Waals surface area contributed by atoms with E-state index in [-0.39, 0.29) is 25.8 Å². The molecule has 1 aliphatic rings. The zero-order chi connectivity index (χ0) is 9.41. The number of nitrogens with two attached hydrogens (primary N) is 1. The van der Waals surface area contributed by atoms with Crippen molar-refractivity contribution in [1.82, 2.24) is 0 Å². The van der Waals surface area contributed by atoms with Crippen molar-refractivity contribution < 1.29 is 13.9 Å². The molecule has 1 aliphatic carbocycles. The lowest BCUT2D eigenvalue weighted by molar-refractivity contribution is -0.137. The number of rotatable bonds is 1. The number of halogens is 2. The van der Waals surface area contributed by atoms with Gasteiger partial charge in [-0.3, -0.25) is 0 Å². The summed E-state index contributed by atoms with van der Waals surface area (Å²) in [5, 5.41) is 9.62. The molecule has 72 valence electrons. The molecule has 3 N–H and O–H groups in total. The van der Waals surface area contributed by atoms with Crippen LogP contribution in [0.3, 0.4) is 0 Å². The van der Waals surface area contributed by atoms with Gasteiger partial charge in [-0.25, -0.2) is 8.78 Å². The van der Waals surface area contributed by atoms with Crippen LogP contribution >= 0.6 is 0 Å². The molecule has 0 amide bonds. The minimum Gasteiger partial charge on any atom is -0.389 e. The van der Waals surface area contributed by atoms with E-state index in [1.54, 1.807) is 0 Å². The van der Waals surface area contributed by atoms with E-state index in [1.165, 1.54) is 6.92 Å². The topological polar surface area (TPSA) is 46.2 Å². The van der Waals surface area contributed by atoms with E-state index in [0.29, 0.717) is 0 Å². The summed E-state index contributed by atoms with van der Waals surface area (Å²) in [4.78, 5) is 0. The number of alkyl halides is 2. The summed E-state index contributed by atoms with van der Waals surface area (Å²) >= 11 is 0. The molecule has 12 heavy (non-hydrogen) atoms. The van der Waals surface area contributed by atoms with Gasteiger partial charge < -0.3 is 10.8 Å². The normalized spacial score (nSPS) is 41.2. The van der Waals surface area contributed by atoms with E-state index < -0.39 is 17.4 Å². The second-order valence-corrected chi connectivity index (χ2v) is 3.79. The Hall–Kier alpha value is -0.220. The second kappa shape index (κ2) is 2.92. The molecule has 0 aromatic heterocycles. The molecule has 1 rings (SSSR count). The minimum atomic E-state index is -2.62. The molecule has 0 unspecified atom stereocenters. The largest absolute Gasteiger partial charge is 0.389 e. The zero-order valence-corrected chi connectivity index (χ0v) is 7.19. The lowest BCUT2D eigenvalue weighted by Crippen LogP contribution is -2.48. The van der Waals surface area contributed by atoms with Crippen molar-refractivity contribution in [2.75, 3.05) is 6.54 Å². The van der Waals surface area contributed by atoms with Gasteiger partial charge in [-0.1, -0.05) is 6.92 Å². The highest BCUT2D eigenvalue weighted by Gasteiger charge is 2.46. The van der Waals surface area contributed by atoms with Crippen molar-refractivity contribution in [1.29, 1.82) is 0 Å². The molecule has 0 aromatic carbocycles. The van der Waals surface area contributed by atoms with Crippen molar-refractivity contribution in [2.45, 2.75) is 37.7 Å². The van der Waals surface area contributed by atoms with E-state index in [9.17, 15) is 13.9 Å². The van der Waals surface area contributed by atoms with Gasteiger partial charge in [-0.15, -0.1) is 0 Å². The molecular formula is C8H15F2NO. The molecule has 0 heterocycles. The Bertz CT molecular complexity index is 174. The predicted octanol–water partition coefficient (Wildman–Crippen LogP) is 1.13. The van der Waals surface area contributed by atoms with E-state index in [2.05, 4.69) is 0 Å². The quantitative estimate of drug-likeness (QED) is 0.634. The first kappa shape index (κ1) is 9.86. The lowest BCUT2D eigenvalue weighted by Gasteiger charge is -2.39. The molecule has 0 saturated heterocycles. The fourth-order valence-electron chi connectivity index (χ4n) is 1.65. The van der Waals surface area contributed by atoms with Gasteiger partial charge in [0.2, 0.25) is 0 Å². The first-order chi connectivity index (χ1) is 5.40. The number of hydrogen-bond acceptors (Lipinski definition) is 2. The van der Waals surface area contributed by atoms with Crippen molar-refractivity contribution in [3.05, 3.63) is 0 Å². The molecule has 2 nitrogen and oxygen atoms in total. The van der Waals surface area contributed by atoms with E-state index in [4.69, 9.17) is 5.73 Å². The molecule has 0 aliphatic heterocycles. The molecule has 0 aromatic rings. The fraction of sp³-hybridized carbons (Fsp3) is 1.00. The van der Waals surface area contributed by atoms with Gasteiger partial charge in [-0.2, -0.15) is 0 Å². The van der Waals surface area contributed by atoms with Crippen LogP contribution in [0, 0.1) is 5.92 Å². The van der Waals surface area contributed by atoms with Crippen molar-refractivity contribution in [3.8, 4) is 0 Å². The van der Waals surface area contributed by atoms with Crippen LogP contribution in [-0.4, -0.2) is 23.2 Å². The molecule has 1 fully saturated rings. The third-order valence-electron chi connectivity index (χ3n) is 2.71. The maximum Gasteiger partial charge on any atom is 0.250 e. The summed E-state index contributed by atoms with van der Waals surface area (Å²) in [5.41, 5.74) is 4.24. The summed E-state index contributed by atoms with van der Waals surface area (Å²) in [7, 11) is 0. The molecule has 0 bridgehead atoms. The predicted molar refractivity (Wildman–Crippen MR) is 42.0 cm³/mol. The standard InChI is InChI=1S/C8H15F2NO/c1-6-4-7(12,5-11)2-3-8(6,9)10/h6,12H,2-5,11H2,1H3/t6-,7+/m0/s1. The Kier molecular flexibility index (Phi) is 2.40. The van der Waals surface area contributed by atoms with Gasteiger partial charge in [0.1, 0.15) is 0 Å². The van der Waals surface area contributed by atoms with Crippen LogP contribution < -0.4 is 5.73 Å². The van der Waals surface area contributed by atoms with Gasteiger partial charge >= 0.3 is 0 Å². The highest BCUT2D eigenvalue weighted by atomic mass is 19.3. The maximum absolute atomic E-state index is 12.9. The van der Waals surface area contributed by atoms with Gasteiger partial charge in [-0.05, 0) is 12.8 Å². The Morgan fingerprint density at radius 2 is 2.08 bits per heavy atom. The third-order valence-corrected chi connectivity index (χ3v) is 2.71. The van der Waals surface area contributed by atoms with E-state index in [1.807, 2.05) is 0 Å². The monoisotopic (exact) mass is 179 g/mol. The summed E-state index contributed by atoms with van der Waals surface area (Å²) < 4.78 is 25.9. The Labute approximate surface area is 70.8 Å². The van der Waals surface area contributed by atoms with Crippen LogP contribution in [0.25, 0.3) is 0 Å². The highest BCUT2D eigenvalue weighted by Crippen LogP contribution is 2.42. The van der Waals surface area contributed by atoms with Crippen LogP contribution in [0.15, 0.2) is 0 Å². The molecule has 2 atom stereocenters.